The van der Waals surface area contributed by atoms with Gasteiger partial charge in [0.15, 0.2) is 0 Å². The molecule has 0 aliphatic rings. The average molecular weight is 304 g/mol. The highest BCUT2D eigenvalue weighted by atomic mass is 19.1. The molecule has 116 valence electrons. The minimum absolute atomic E-state index is 0.222. The van der Waals surface area contributed by atoms with Gasteiger partial charge in [-0.15, -0.1) is 0 Å². The minimum Gasteiger partial charge on any atom is -0.497 e. The quantitative estimate of drug-likeness (QED) is 0.851. The van der Waals surface area contributed by atoms with E-state index in [0.717, 1.165) is 5.75 Å². The van der Waals surface area contributed by atoms with E-state index in [4.69, 9.17) is 9.47 Å². The van der Waals surface area contributed by atoms with Crippen LogP contribution in [0.5, 0.6) is 11.5 Å². The number of hydrogen-bond acceptors (Lipinski definition) is 3. The summed E-state index contributed by atoms with van der Waals surface area (Å²) in [5, 5.41) is 9.29. The van der Waals surface area contributed by atoms with E-state index in [2.05, 4.69) is 0 Å². The van der Waals surface area contributed by atoms with Crippen molar-refractivity contribution < 1.29 is 23.8 Å². The summed E-state index contributed by atoms with van der Waals surface area (Å²) in [6.45, 7) is 0.222. The number of rotatable bonds is 7. The smallest absolute Gasteiger partial charge is 0.311 e. The fourth-order valence-electron chi connectivity index (χ4n) is 2.12. The second-order valence-corrected chi connectivity index (χ2v) is 4.76. The predicted octanol–water partition coefficient (Wildman–Crippen LogP) is 3.47. The molecule has 0 aromatic heterocycles. The van der Waals surface area contributed by atoms with Crippen LogP contribution in [0.25, 0.3) is 0 Å². The number of methoxy groups -OCH3 is 1. The van der Waals surface area contributed by atoms with Crippen LogP contribution in [-0.4, -0.2) is 24.8 Å². The first-order valence-corrected chi connectivity index (χ1v) is 6.85. The molecule has 2 aromatic carbocycles. The lowest BCUT2D eigenvalue weighted by Crippen LogP contribution is -2.15. The Balaban J connectivity index is 1.96. The van der Waals surface area contributed by atoms with E-state index in [1.165, 1.54) is 18.2 Å². The summed E-state index contributed by atoms with van der Waals surface area (Å²) in [5.74, 6) is -0.891. The van der Waals surface area contributed by atoms with Gasteiger partial charge in [0.05, 0.1) is 19.6 Å². The normalized spacial score (nSPS) is 11.7. The van der Waals surface area contributed by atoms with E-state index in [1.807, 2.05) is 0 Å². The van der Waals surface area contributed by atoms with Crippen LogP contribution < -0.4 is 9.47 Å². The van der Waals surface area contributed by atoms with Crippen LogP contribution in [0.2, 0.25) is 0 Å². The van der Waals surface area contributed by atoms with Gasteiger partial charge in [0.2, 0.25) is 0 Å². The molecule has 2 rings (SSSR count). The number of carboxylic acid groups (broad SMARTS) is 1. The molecule has 0 spiro atoms. The predicted molar refractivity (Wildman–Crippen MR) is 79.9 cm³/mol. The molecule has 22 heavy (non-hydrogen) atoms. The van der Waals surface area contributed by atoms with Gasteiger partial charge in [0.1, 0.15) is 17.3 Å². The minimum atomic E-state index is -0.996. The van der Waals surface area contributed by atoms with E-state index < -0.39 is 17.7 Å². The maximum Gasteiger partial charge on any atom is 0.311 e. The molecule has 0 bridgehead atoms. The summed E-state index contributed by atoms with van der Waals surface area (Å²) < 4.78 is 23.8. The second kappa shape index (κ2) is 7.45. The van der Waals surface area contributed by atoms with Gasteiger partial charge in [-0.25, -0.2) is 4.39 Å². The number of carboxylic acids is 1. The molecule has 1 N–H and O–H groups in total. The Bertz CT molecular complexity index is 625. The van der Waals surface area contributed by atoms with Crippen molar-refractivity contribution in [2.45, 2.75) is 12.3 Å². The first-order chi connectivity index (χ1) is 10.6. The Morgan fingerprint density at radius 1 is 1.18 bits per heavy atom. The topological polar surface area (TPSA) is 55.8 Å². The summed E-state index contributed by atoms with van der Waals surface area (Å²) in [6, 6.07) is 12.7. The first kappa shape index (κ1) is 15.8. The lowest BCUT2D eigenvalue weighted by molar-refractivity contribution is -0.139. The zero-order chi connectivity index (χ0) is 15.9. The van der Waals surface area contributed by atoms with Gasteiger partial charge in [-0.3, -0.25) is 4.79 Å². The maximum atomic E-state index is 13.2. The third kappa shape index (κ3) is 4.22. The molecule has 0 amide bonds. The summed E-state index contributed by atoms with van der Waals surface area (Å²) in [7, 11) is 1.58. The SMILES string of the molecule is COc1ccc(OCCC(C(=O)O)c2cccc(F)c2)cc1. The largest absolute Gasteiger partial charge is 0.497 e. The molecule has 5 heteroatoms. The van der Waals surface area contributed by atoms with Crippen LogP contribution in [0.3, 0.4) is 0 Å². The van der Waals surface area contributed by atoms with Gasteiger partial charge < -0.3 is 14.6 Å². The second-order valence-electron chi connectivity index (χ2n) is 4.76. The summed E-state index contributed by atoms with van der Waals surface area (Å²) in [4.78, 5) is 11.3. The molecule has 0 aliphatic carbocycles. The van der Waals surface area contributed by atoms with Crippen molar-refractivity contribution >= 4 is 5.97 Å². The van der Waals surface area contributed by atoms with Crippen molar-refractivity contribution in [2.75, 3.05) is 13.7 Å². The van der Waals surface area contributed by atoms with Crippen LogP contribution in [0.15, 0.2) is 48.5 Å². The molecule has 0 aliphatic heterocycles. The molecular formula is C17H17FO4. The Morgan fingerprint density at radius 3 is 2.45 bits per heavy atom. The monoisotopic (exact) mass is 304 g/mol. The third-order valence-electron chi connectivity index (χ3n) is 3.28. The van der Waals surface area contributed by atoms with Gasteiger partial charge in [0.25, 0.3) is 0 Å². The average Bonchev–Trinajstić information content (AvgIpc) is 2.51. The van der Waals surface area contributed by atoms with E-state index in [-0.39, 0.29) is 13.0 Å². The van der Waals surface area contributed by atoms with E-state index >= 15 is 0 Å². The zero-order valence-corrected chi connectivity index (χ0v) is 12.2. The molecular weight excluding hydrogens is 287 g/mol. The number of aliphatic carboxylic acids is 1. The molecule has 0 saturated carbocycles. The van der Waals surface area contributed by atoms with Crippen molar-refractivity contribution in [3.8, 4) is 11.5 Å². The van der Waals surface area contributed by atoms with E-state index in [9.17, 15) is 14.3 Å². The standard InChI is InChI=1S/C17H17FO4/c1-21-14-5-7-15(8-6-14)22-10-9-16(17(19)20)12-3-2-4-13(18)11-12/h2-8,11,16H,9-10H2,1H3,(H,19,20). The number of ether oxygens (including phenoxy) is 2. The van der Waals surface area contributed by atoms with Gasteiger partial charge in [-0.1, -0.05) is 12.1 Å². The molecule has 0 saturated heterocycles. The van der Waals surface area contributed by atoms with Crippen LogP contribution in [0, 0.1) is 5.82 Å². The molecule has 4 nitrogen and oxygen atoms in total. The van der Waals surface area contributed by atoms with Crippen LogP contribution in [0.1, 0.15) is 17.9 Å². The molecule has 0 fully saturated rings. The number of halogens is 1. The third-order valence-corrected chi connectivity index (χ3v) is 3.28. The fourth-order valence-corrected chi connectivity index (χ4v) is 2.12. The van der Waals surface area contributed by atoms with Gasteiger partial charge in [0, 0.05) is 0 Å². The van der Waals surface area contributed by atoms with Crippen LogP contribution in [-0.2, 0) is 4.79 Å². The lowest BCUT2D eigenvalue weighted by Gasteiger charge is -2.14. The highest BCUT2D eigenvalue weighted by molar-refractivity contribution is 5.76. The zero-order valence-electron chi connectivity index (χ0n) is 12.2. The van der Waals surface area contributed by atoms with E-state index in [1.54, 1.807) is 37.4 Å². The van der Waals surface area contributed by atoms with Crippen molar-refractivity contribution in [2.24, 2.45) is 0 Å². The number of hydrogen-bond donors (Lipinski definition) is 1. The molecule has 0 heterocycles. The first-order valence-electron chi connectivity index (χ1n) is 6.85. The van der Waals surface area contributed by atoms with Crippen molar-refractivity contribution in [1.82, 2.24) is 0 Å². The highest BCUT2D eigenvalue weighted by Crippen LogP contribution is 2.22. The Hall–Kier alpha value is -2.56. The fraction of sp³-hybridized carbons (Fsp3) is 0.235. The summed E-state index contributed by atoms with van der Waals surface area (Å²) >= 11 is 0. The summed E-state index contributed by atoms with van der Waals surface area (Å²) in [6.07, 6.45) is 0.255. The van der Waals surface area contributed by atoms with Crippen molar-refractivity contribution in [3.63, 3.8) is 0 Å². The van der Waals surface area contributed by atoms with E-state index in [0.29, 0.717) is 11.3 Å². The Morgan fingerprint density at radius 2 is 1.86 bits per heavy atom. The molecule has 0 radical (unpaired) electrons. The van der Waals surface area contributed by atoms with Crippen LogP contribution in [0.4, 0.5) is 4.39 Å². The van der Waals surface area contributed by atoms with Gasteiger partial charge >= 0.3 is 5.97 Å². The number of benzene rings is 2. The lowest BCUT2D eigenvalue weighted by atomic mass is 9.96. The van der Waals surface area contributed by atoms with Crippen molar-refractivity contribution in [3.05, 3.63) is 59.9 Å². The molecule has 1 atom stereocenters. The maximum absolute atomic E-state index is 13.2. The highest BCUT2D eigenvalue weighted by Gasteiger charge is 2.20. The van der Waals surface area contributed by atoms with Gasteiger partial charge in [-0.2, -0.15) is 0 Å². The molecule has 1 unspecified atom stereocenters. The summed E-state index contributed by atoms with van der Waals surface area (Å²) in [5.41, 5.74) is 0.436. The Labute approximate surface area is 128 Å². The van der Waals surface area contributed by atoms with Crippen LogP contribution >= 0.6 is 0 Å². The van der Waals surface area contributed by atoms with Crippen molar-refractivity contribution in [1.29, 1.82) is 0 Å². The van der Waals surface area contributed by atoms with Gasteiger partial charge in [-0.05, 0) is 48.4 Å². The number of carbonyl (C=O) groups is 1. The molecule has 2 aromatic rings. The Kier molecular flexibility index (Phi) is 5.36.